The minimum Gasteiger partial charge on any atom is -0.370 e. The van der Waals surface area contributed by atoms with Crippen molar-refractivity contribution in [3.05, 3.63) is 11.9 Å². The van der Waals surface area contributed by atoms with Gasteiger partial charge in [0.25, 0.3) is 0 Å². The zero-order valence-corrected chi connectivity index (χ0v) is 10.7. The van der Waals surface area contributed by atoms with Crippen molar-refractivity contribution in [2.24, 2.45) is 7.05 Å². The van der Waals surface area contributed by atoms with E-state index < -0.39 is 0 Å². The van der Waals surface area contributed by atoms with Gasteiger partial charge in [-0.2, -0.15) is 0 Å². The van der Waals surface area contributed by atoms with Gasteiger partial charge in [-0.3, -0.25) is 0 Å². The normalized spacial score (nSPS) is 10.5. The van der Waals surface area contributed by atoms with Gasteiger partial charge >= 0.3 is 0 Å². The van der Waals surface area contributed by atoms with E-state index in [0.29, 0.717) is 5.16 Å². The van der Waals surface area contributed by atoms with Crippen molar-refractivity contribution in [2.75, 3.05) is 11.9 Å². The maximum atomic E-state index is 4.24. The molecule has 0 aliphatic heterocycles. The summed E-state index contributed by atoms with van der Waals surface area (Å²) in [4.78, 5) is 8.43. The molecule has 0 saturated heterocycles. The van der Waals surface area contributed by atoms with Crippen LogP contribution in [0.1, 0.15) is 12.5 Å². The molecule has 0 atom stereocenters. The van der Waals surface area contributed by atoms with Crippen LogP contribution in [0.25, 0.3) is 0 Å². The van der Waals surface area contributed by atoms with Crippen LogP contribution in [0.3, 0.4) is 0 Å². The van der Waals surface area contributed by atoms with E-state index in [2.05, 4.69) is 30.8 Å². The van der Waals surface area contributed by atoms with Gasteiger partial charge in [0.2, 0.25) is 5.16 Å². The molecule has 0 aliphatic carbocycles. The van der Waals surface area contributed by atoms with E-state index in [0.717, 1.165) is 23.0 Å². The molecule has 8 heteroatoms. The molecule has 2 aromatic rings. The number of anilines is 1. The standard InChI is InChI=1S/C9H13N7S/c1-4-10-7-6(2)8(12-5-11-7)17-9-13-14-15-16(9)3/h5H,4H2,1-3H3,(H,10,11,12). The largest absolute Gasteiger partial charge is 0.370 e. The average molecular weight is 251 g/mol. The smallest absolute Gasteiger partial charge is 0.215 e. The lowest BCUT2D eigenvalue weighted by atomic mass is 10.3. The lowest BCUT2D eigenvalue weighted by Crippen LogP contribution is -2.03. The van der Waals surface area contributed by atoms with E-state index in [4.69, 9.17) is 0 Å². The van der Waals surface area contributed by atoms with E-state index in [9.17, 15) is 0 Å². The monoisotopic (exact) mass is 251 g/mol. The minimum atomic E-state index is 0.703. The van der Waals surface area contributed by atoms with E-state index in [-0.39, 0.29) is 0 Å². The van der Waals surface area contributed by atoms with Crippen LogP contribution in [0.4, 0.5) is 5.82 Å². The molecule has 7 nitrogen and oxygen atoms in total. The lowest BCUT2D eigenvalue weighted by molar-refractivity contribution is 0.664. The molecular formula is C9H13N7S. The molecule has 2 heterocycles. The Labute approximate surface area is 103 Å². The number of aromatic nitrogens is 6. The van der Waals surface area contributed by atoms with Crippen LogP contribution in [0.2, 0.25) is 0 Å². The van der Waals surface area contributed by atoms with Crippen molar-refractivity contribution in [1.29, 1.82) is 0 Å². The highest BCUT2D eigenvalue weighted by molar-refractivity contribution is 7.99. The molecular weight excluding hydrogens is 238 g/mol. The van der Waals surface area contributed by atoms with Gasteiger partial charge in [0, 0.05) is 19.2 Å². The quantitative estimate of drug-likeness (QED) is 0.808. The first-order valence-electron chi connectivity index (χ1n) is 5.18. The number of nitrogens with zero attached hydrogens (tertiary/aromatic N) is 6. The van der Waals surface area contributed by atoms with Crippen LogP contribution in [0.5, 0.6) is 0 Å². The molecule has 0 aliphatic rings. The number of hydrogen-bond donors (Lipinski definition) is 1. The zero-order chi connectivity index (χ0) is 12.3. The van der Waals surface area contributed by atoms with Crippen LogP contribution in [-0.4, -0.2) is 36.7 Å². The third-order valence-corrected chi connectivity index (χ3v) is 3.28. The summed E-state index contributed by atoms with van der Waals surface area (Å²) in [7, 11) is 1.80. The molecule has 0 saturated carbocycles. The highest BCUT2D eigenvalue weighted by Crippen LogP contribution is 2.28. The van der Waals surface area contributed by atoms with Gasteiger partial charge in [-0.15, -0.1) is 5.10 Å². The molecule has 0 fully saturated rings. The van der Waals surface area contributed by atoms with Crippen LogP contribution < -0.4 is 5.32 Å². The van der Waals surface area contributed by atoms with Crippen LogP contribution >= 0.6 is 11.8 Å². The molecule has 17 heavy (non-hydrogen) atoms. The maximum Gasteiger partial charge on any atom is 0.215 e. The van der Waals surface area contributed by atoms with Gasteiger partial charge < -0.3 is 5.32 Å². The molecule has 0 bridgehead atoms. The Bertz CT molecular complexity index is 510. The Morgan fingerprint density at radius 2 is 2.24 bits per heavy atom. The van der Waals surface area contributed by atoms with Gasteiger partial charge in [-0.1, -0.05) is 0 Å². The number of tetrazole rings is 1. The van der Waals surface area contributed by atoms with Crippen molar-refractivity contribution in [3.63, 3.8) is 0 Å². The van der Waals surface area contributed by atoms with Gasteiger partial charge in [0.15, 0.2) is 0 Å². The van der Waals surface area contributed by atoms with Gasteiger partial charge in [-0.25, -0.2) is 14.6 Å². The molecule has 1 N–H and O–H groups in total. The Morgan fingerprint density at radius 3 is 2.88 bits per heavy atom. The summed E-state index contributed by atoms with van der Waals surface area (Å²) in [6.45, 7) is 4.83. The molecule has 0 spiro atoms. The van der Waals surface area contributed by atoms with Crippen molar-refractivity contribution < 1.29 is 0 Å². The third kappa shape index (κ3) is 2.52. The van der Waals surface area contributed by atoms with Crippen molar-refractivity contribution in [2.45, 2.75) is 24.0 Å². The summed E-state index contributed by atoms with van der Waals surface area (Å²) in [6, 6.07) is 0. The Balaban J connectivity index is 2.27. The van der Waals surface area contributed by atoms with Crippen molar-refractivity contribution >= 4 is 17.6 Å². The number of rotatable bonds is 4. The second kappa shape index (κ2) is 5.09. The lowest BCUT2D eigenvalue weighted by Gasteiger charge is -2.08. The Kier molecular flexibility index (Phi) is 3.52. The SMILES string of the molecule is CCNc1ncnc(Sc2nnnn2C)c1C. The summed E-state index contributed by atoms with van der Waals surface area (Å²) >= 11 is 1.42. The number of nitrogens with one attached hydrogen (secondary N) is 1. The summed E-state index contributed by atoms with van der Waals surface area (Å²) in [5, 5.41) is 16.0. The minimum absolute atomic E-state index is 0.703. The van der Waals surface area contributed by atoms with Crippen LogP contribution in [0, 0.1) is 6.92 Å². The summed E-state index contributed by atoms with van der Waals surface area (Å²) in [6.07, 6.45) is 1.54. The second-order valence-electron chi connectivity index (χ2n) is 3.37. The summed E-state index contributed by atoms with van der Waals surface area (Å²) in [5.41, 5.74) is 1.00. The van der Waals surface area contributed by atoms with E-state index in [1.54, 1.807) is 11.7 Å². The zero-order valence-electron chi connectivity index (χ0n) is 9.88. The second-order valence-corrected chi connectivity index (χ2v) is 4.33. The predicted molar refractivity (Wildman–Crippen MR) is 63.9 cm³/mol. The van der Waals surface area contributed by atoms with E-state index in [1.165, 1.54) is 18.1 Å². The predicted octanol–water partition coefficient (Wildman–Crippen LogP) is 0.892. The third-order valence-electron chi connectivity index (χ3n) is 2.15. The number of aryl methyl sites for hydroxylation is 1. The molecule has 2 aromatic heterocycles. The highest BCUT2D eigenvalue weighted by Gasteiger charge is 2.11. The topological polar surface area (TPSA) is 81.4 Å². The fraction of sp³-hybridized carbons (Fsp3) is 0.444. The first kappa shape index (κ1) is 11.8. The Morgan fingerprint density at radius 1 is 1.41 bits per heavy atom. The molecule has 0 radical (unpaired) electrons. The van der Waals surface area contributed by atoms with E-state index in [1.807, 2.05) is 13.8 Å². The maximum absolute atomic E-state index is 4.24. The van der Waals surface area contributed by atoms with Crippen molar-refractivity contribution in [1.82, 2.24) is 30.2 Å². The van der Waals surface area contributed by atoms with Gasteiger partial charge in [0.1, 0.15) is 17.2 Å². The molecule has 90 valence electrons. The summed E-state index contributed by atoms with van der Waals surface area (Å²) in [5.74, 6) is 0.847. The van der Waals surface area contributed by atoms with Crippen LogP contribution in [0.15, 0.2) is 16.5 Å². The molecule has 0 aromatic carbocycles. The van der Waals surface area contributed by atoms with Crippen molar-refractivity contribution in [3.8, 4) is 0 Å². The fourth-order valence-electron chi connectivity index (χ4n) is 1.28. The summed E-state index contributed by atoms with van der Waals surface area (Å²) < 4.78 is 1.61. The highest BCUT2D eigenvalue weighted by atomic mass is 32.2. The molecule has 0 amide bonds. The first-order valence-corrected chi connectivity index (χ1v) is 5.99. The fourth-order valence-corrected chi connectivity index (χ4v) is 2.05. The van der Waals surface area contributed by atoms with Crippen LogP contribution in [-0.2, 0) is 7.05 Å². The van der Waals surface area contributed by atoms with Gasteiger partial charge in [0.05, 0.1) is 0 Å². The van der Waals surface area contributed by atoms with Gasteiger partial charge in [-0.05, 0) is 36.0 Å². The molecule has 0 unspecified atom stereocenters. The average Bonchev–Trinajstić information content (AvgIpc) is 2.70. The Hall–Kier alpha value is -1.70. The first-order chi connectivity index (χ1) is 8.22. The molecule has 2 rings (SSSR count). The number of hydrogen-bond acceptors (Lipinski definition) is 7. The van der Waals surface area contributed by atoms with E-state index >= 15 is 0 Å².